The van der Waals surface area contributed by atoms with Gasteiger partial charge in [0.15, 0.2) is 0 Å². The van der Waals surface area contributed by atoms with Crippen LogP contribution in [0.1, 0.15) is 105 Å². The Morgan fingerprint density at radius 3 is 1.31 bits per heavy atom. The molecule has 0 aromatic heterocycles. The van der Waals surface area contributed by atoms with Crippen molar-refractivity contribution >= 4 is 59.3 Å². The summed E-state index contributed by atoms with van der Waals surface area (Å²) in [7, 11) is 0. The summed E-state index contributed by atoms with van der Waals surface area (Å²) >= 11 is 0. The lowest BCUT2D eigenvalue weighted by molar-refractivity contribution is -0.143. The Bertz CT molecular complexity index is 1440. The van der Waals surface area contributed by atoms with E-state index in [0.29, 0.717) is 6.42 Å². The Hall–Kier alpha value is -5.38. The molecule has 22 heteroatoms. The molecular formula is C36H63N9O13. The fourth-order valence-corrected chi connectivity index (χ4v) is 5.43. The van der Waals surface area contributed by atoms with E-state index < -0.39 is 114 Å². The van der Waals surface area contributed by atoms with Gasteiger partial charge in [0.05, 0.1) is 6.04 Å². The SMILES string of the molecule is CC(C)C[C@H](NC(=O)[C@H](CCC(N)=O)NC(=O)[C@H](CCCCN)NC(=O)[C@H](CCC(=O)O)NC(=O)[C@H](CC(C)C)NC(=O)[C@H](C)NC(=O)[C@@H](N)CCC(=O)O)C(=O)O. The lowest BCUT2D eigenvalue weighted by Gasteiger charge is -2.28. The molecule has 0 aromatic rings. The molecule has 0 saturated carbocycles. The number of aliphatic carboxylic acids is 3. The van der Waals surface area contributed by atoms with Crippen LogP contribution in [0, 0.1) is 11.8 Å². The minimum absolute atomic E-state index is 0.0302. The monoisotopic (exact) mass is 829 g/mol. The summed E-state index contributed by atoms with van der Waals surface area (Å²) in [6.07, 6.45) is -1.58. The first-order valence-corrected chi connectivity index (χ1v) is 19.2. The number of nitrogens with one attached hydrogen (secondary N) is 6. The summed E-state index contributed by atoms with van der Waals surface area (Å²) in [5, 5.41) is 42.4. The van der Waals surface area contributed by atoms with Crippen molar-refractivity contribution in [1.29, 1.82) is 0 Å². The first-order valence-electron chi connectivity index (χ1n) is 19.2. The van der Waals surface area contributed by atoms with Crippen LogP contribution in [0.5, 0.6) is 0 Å². The molecule has 0 aliphatic carbocycles. The Morgan fingerprint density at radius 1 is 0.483 bits per heavy atom. The highest BCUT2D eigenvalue weighted by molar-refractivity contribution is 5.97. The zero-order valence-corrected chi connectivity index (χ0v) is 33.8. The summed E-state index contributed by atoms with van der Waals surface area (Å²) < 4.78 is 0. The fraction of sp³-hybridized carbons (Fsp3) is 0.722. The van der Waals surface area contributed by atoms with Crippen LogP contribution in [0.15, 0.2) is 0 Å². The Kier molecular flexibility index (Phi) is 24.8. The third-order valence-electron chi connectivity index (χ3n) is 8.59. The van der Waals surface area contributed by atoms with E-state index in [9.17, 15) is 58.2 Å². The molecule has 7 atom stereocenters. The lowest BCUT2D eigenvalue weighted by Crippen LogP contribution is -2.59. The number of carbonyl (C=O) groups is 10. The van der Waals surface area contributed by atoms with Crippen molar-refractivity contribution in [2.24, 2.45) is 29.0 Å². The number of carbonyl (C=O) groups excluding carboxylic acids is 7. The topological polar surface area (TPSA) is 382 Å². The van der Waals surface area contributed by atoms with Gasteiger partial charge in [-0.1, -0.05) is 27.7 Å². The number of hydrogen-bond acceptors (Lipinski definition) is 12. The van der Waals surface area contributed by atoms with Gasteiger partial charge in [0.2, 0.25) is 41.4 Å². The Labute approximate surface area is 337 Å². The molecule has 15 N–H and O–H groups in total. The molecule has 7 amide bonds. The normalized spacial score (nSPS) is 14.7. The van der Waals surface area contributed by atoms with E-state index in [1.807, 2.05) is 0 Å². The van der Waals surface area contributed by atoms with Gasteiger partial charge >= 0.3 is 17.9 Å². The quantitative estimate of drug-likeness (QED) is 0.0334. The summed E-state index contributed by atoms with van der Waals surface area (Å²) in [5.41, 5.74) is 16.6. The lowest BCUT2D eigenvalue weighted by atomic mass is 10.0. The molecule has 0 rings (SSSR count). The molecule has 330 valence electrons. The first-order chi connectivity index (χ1) is 27.0. The van der Waals surface area contributed by atoms with Crippen LogP contribution in [-0.2, 0) is 47.9 Å². The van der Waals surface area contributed by atoms with Gasteiger partial charge in [-0.2, -0.15) is 0 Å². The number of unbranched alkanes of at least 4 members (excludes halogenated alkanes) is 1. The minimum atomic E-state index is -1.56. The standard InChI is InChI=1S/C36H63N9O13/c1-18(2)16-25(44-30(51)20(5)40-31(52)21(38)9-13-28(47)48)35(56)43-24(11-14-29(49)50)33(54)41-22(8-6-7-15-37)32(53)42-23(10-12-27(39)46)34(55)45-26(36(57)58)17-19(3)4/h18-26H,6-17,37-38H2,1-5H3,(H2,39,46)(H,40,52)(H,41,54)(H,42,53)(H,43,56)(H,44,51)(H,45,55)(H,47,48)(H,49,50)(H,57,58)/t20-,21-,22-,23-,24-,25-,26-/m0/s1. The average Bonchev–Trinajstić information content (AvgIpc) is 3.11. The van der Waals surface area contributed by atoms with Gasteiger partial charge in [0.25, 0.3) is 0 Å². The molecule has 0 bridgehead atoms. The third-order valence-corrected chi connectivity index (χ3v) is 8.59. The van der Waals surface area contributed by atoms with Crippen molar-refractivity contribution in [3.63, 3.8) is 0 Å². The van der Waals surface area contributed by atoms with Gasteiger partial charge < -0.3 is 64.4 Å². The number of hydrogen-bond donors (Lipinski definition) is 12. The highest BCUT2D eigenvalue weighted by Gasteiger charge is 2.34. The van der Waals surface area contributed by atoms with Gasteiger partial charge in [-0.3, -0.25) is 43.2 Å². The second-order valence-electron chi connectivity index (χ2n) is 14.9. The molecule has 22 nitrogen and oxygen atoms in total. The second-order valence-corrected chi connectivity index (χ2v) is 14.9. The molecule has 0 fully saturated rings. The van der Waals surface area contributed by atoms with E-state index in [0.717, 1.165) is 0 Å². The average molecular weight is 830 g/mol. The summed E-state index contributed by atoms with van der Waals surface area (Å²) in [6, 6.07) is -9.50. The van der Waals surface area contributed by atoms with E-state index in [1.165, 1.54) is 6.92 Å². The molecule has 0 heterocycles. The Morgan fingerprint density at radius 2 is 0.879 bits per heavy atom. The van der Waals surface area contributed by atoms with Crippen LogP contribution in [0.4, 0.5) is 0 Å². The highest BCUT2D eigenvalue weighted by Crippen LogP contribution is 2.11. The van der Waals surface area contributed by atoms with E-state index >= 15 is 0 Å². The molecule has 0 aromatic carbocycles. The maximum atomic E-state index is 13.7. The Balaban J connectivity index is 6.32. The van der Waals surface area contributed by atoms with Crippen LogP contribution in [0.2, 0.25) is 0 Å². The van der Waals surface area contributed by atoms with Crippen molar-refractivity contribution in [1.82, 2.24) is 31.9 Å². The van der Waals surface area contributed by atoms with Crippen LogP contribution in [0.25, 0.3) is 0 Å². The van der Waals surface area contributed by atoms with E-state index in [4.69, 9.17) is 22.3 Å². The molecular weight excluding hydrogens is 766 g/mol. The number of rotatable bonds is 30. The van der Waals surface area contributed by atoms with E-state index in [-0.39, 0.29) is 69.7 Å². The summed E-state index contributed by atoms with van der Waals surface area (Å²) in [6.45, 7) is 8.48. The van der Waals surface area contributed by atoms with Gasteiger partial charge in [0, 0.05) is 19.3 Å². The predicted octanol–water partition coefficient (Wildman–Crippen LogP) is -2.46. The van der Waals surface area contributed by atoms with Gasteiger partial charge in [-0.05, 0) is 76.7 Å². The van der Waals surface area contributed by atoms with Gasteiger partial charge in [0.1, 0.15) is 36.3 Å². The molecule has 0 unspecified atom stereocenters. The number of carboxylic acid groups (broad SMARTS) is 3. The number of nitrogens with two attached hydrogens (primary N) is 3. The fourth-order valence-electron chi connectivity index (χ4n) is 5.43. The van der Waals surface area contributed by atoms with Gasteiger partial charge in [-0.25, -0.2) is 4.79 Å². The molecule has 0 radical (unpaired) electrons. The maximum Gasteiger partial charge on any atom is 0.326 e. The predicted molar refractivity (Wildman–Crippen MR) is 207 cm³/mol. The molecule has 0 saturated heterocycles. The van der Waals surface area contributed by atoms with Crippen molar-refractivity contribution in [3.8, 4) is 0 Å². The van der Waals surface area contributed by atoms with Gasteiger partial charge in [-0.15, -0.1) is 0 Å². The maximum absolute atomic E-state index is 13.7. The molecule has 58 heavy (non-hydrogen) atoms. The van der Waals surface area contributed by atoms with Crippen LogP contribution in [0.3, 0.4) is 0 Å². The number of carboxylic acids is 3. The van der Waals surface area contributed by atoms with Crippen molar-refractivity contribution < 1.29 is 63.3 Å². The smallest absolute Gasteiger partial charge is 0.326 e. The molecule has 0 aliphatic rings. The largest absolute Gasteiger partial charge is 0.481 e. The molecule has 0 aliphatic heterocycles. The number of primary amides is 1. The van der Waals surface area contributed by atoms with Crippen molar-refractivity contribution in [2.75, 3.05) is 6.54 Å². The first kappa shape index (κ1) is 52.6. The zero-order valence-electron chi connectivity index (χ0n) is 33.8. The van der Waals surface area contributed by atoms with Crippen LogP contribution >= 0.6 is 0 Å². The van der Waals surface area contributed by atoms with E-state index in [2.05, 4.69) is 31.9 Å². The van der Waals surface area contributed by atoms with Crippen molar-refractivity contribution in [3.05, 3.63) is 0 Å². The minimum Gasteiger partial charge on any atom is -0.481 e. The third kappa shape index (κ3) is 22.4. The van der Waals surface area contributed by atoms with E-state index in [1.54, 1.807) is 27.7 Å². The van der Waals surface area contributed by atoms with Crippen molar-refractivity contribution in [2.45, 2.75) is 148 Å². The highest BCUT2D eigenvalue weighted by atomic mass is 16.4. The molecule has 0 spiro atoms. The summed E-state index contributed by atoms with van der Waals surface area (Å²) in [5.74, 6) is -10.3. The van der Waals surface area contributed by atoms with Crippen LogP contribution in [-0.4, -0.2) is 123 Å². The number of amides is 7. The summed E-state index contributed by atoms with van der Waals surface area (Å²) in [4.78, 5) is 126. The zero-order chi connectivity index (χ0) is 44.7. The second kappa shape index (κ2) is 27.3. The van der Waals surface area contributed by atoms with Crippen LogP contribution < -0.4 is 49.1 Å².